The van der Waals surface area contributed by atoms with Gasteiger partial charge in [-0.1, -0.05) is 12.0 Å². The highest BCUT2D eigenvalue weighted by Gasteiger charge is 2.19. The van der Waals surface area contributed by atoms with Gasteiger partial charge in [0.25, 0.3) is 0 Å². The van der Waals surface area contributed by atoms with E-state index in [2.05, 4.69) is 21.3 Å². The topological polar surface area (TPSA) is 62.5 Å². The van der Waals surface area contributed by atoms with Gasteiger partial charge in [0.1, 0.15) is 24.0 Å². The van der Waals surface area contributed by atoms with E-state index in [-0.39, 0.29) is 12.4 Å². The molecule has 0 aliphatic carbocycles. The Kier molecular flexibility index (Phi) is 4.12. The second kappa shape index (κ2) is 6.38. The Bertz CT molecular complexity index is 891. The standard InChI is InChI=1S/C17H14FN5O/c1-3-13-6-4-7-14(18)16(13)23-15(10-12(2)21-23)20-17(24)22-9-5-8-19-11-22/h1,4-10H,11H2,2H3,(H,20,24). The molecule has 7 heteroatoms. The number of aryl methyl sites for hydroxylation is 1. The van der Waals surface area contributed by atoms with E-state index in [1.165, 1.54) is 21.7 Å². The summed E-state index contributed by atoms with van der Waals surface area (Å²) in [6, 6.07) is 5.67. The van der Waals surface area contributed by atoms with Gasteiger partial charge < -0.3 is 0 Å². The number of terminal acetylenes is 1. The number of aliphatic imine (C=N–C) groups is 1. The van der Waals surface area contributed by atoms with E-state index < -0.39 is 11.8 Å². The zero-order valence-electron chi connectivity index (χ0n) is 12.9. The van der Waals surface area contributed by atoms with Gasteiger partial charge in [-0.25, -0.2) is 13.9 Å². The fourth-order valence-electron chi connectivity index (χ4n) is 2.30. The third-order valence-electron chi connectivity index (χ3n) is 3.37. The van der Waals surface area contributed by atoms with Crippen LogP contribution in [0, 0.1) is 25.1 Å². The lowest BCUT2D eigenvalue weighted by Crippen LogP contribution is -2.32. The minimum atomic E-state index is -0.522. The summed E-state index contributed by atoms with van der Waals surface area (Å²) in [4.78, 5) is 17.7. The van der Waals surface area contributed by atoms with E-state index in [1.807, 2.05) is 0 Å². The van der Waals surface area contributed by atoms with E-state index >= 15 is 0 Å². The van der Waals surface area contributed by atoms with Gasteiger partial charge in [-0.15, -0.1) is 6.42 Å². The number of benzene rings is 1. The van der Waals surface area contributed by atoms with Crippen molar-refractivity contribution in [3.8, 4) is 18.0 Å². The molecular formula is C17H14FN5O. The molecule has 1 aliphatic rings. The van der Waals surface area contributed by atoms with E-state index in [0.29, 0.717) is 17.1 Å². The van der Waals surface area contributed by atoms with Gasteiger partial charge in [-0.2, -0.15) is 5.10 Å². The van der Waals surface area contributed by atoms with E-state index in [0.717, 1.165) is 0 Å². The van der Waals surface area contributed by atoms with E-state index in [9.17, 15) is 9.18 Å². The largest absolute Gasteiger partial charge is 0.328 e. The molecule has 120 valence electrons. The molecule has 1 aromatic heterocycles. The summed E-state index contributed by atoms with van der Waals surface area (Å²) < 4.78 is 15.6. The maximum absolute atomic E-state index is 14.3. The zero-order chi connectivity index (χ0) is 17.1. The summed E-state index contributed by atoms with van der Waals surface area (Å²) in [6.45, 7) is 1.96. The Labute approximate surface area is 138 Å². The molecule has 3 rings (SSSR count). The highest BCUT2D eigenvalue weighted by atomic mass is 19.1. The summed E-state index contributed by atoms with van der Waals surface area (Å²) >= 11 is 0. The molecule has 1 aromatic carbocycles. The summed E-state index contributed by atoms with van der Waals surface area (Å²) in [5.41, 5.74) is 1.08. The number of anilines is 1. The van der Waals surface area contributed by atoms with Crippen LogP contribution in [0.5, 0.6) is 0 Å². The highest BCUT2D eigenvalue weighted by molar-refractivity contribution is 5.90. The van der Waals surface area contributed by atoms with Crippen LogP contribution in [-0.2, 0) is 0 Å². The number of aromatic nitrogens is 2. The Balaban J connectivity index is 1.98. The number of carbonyl (C=O) groups is 1. The van der Waals surface area contributed by atoms with E-state index in [4.69, 9.17) is 6.42 Å². The number of hydrogen-bond acceptors (Lipinski definition) is 3. The summed E-state index contributed by atoms with van der Waals surface area (Å²) in [5.74, 6) is 2.23. The molecule has 0 fully saturated rings. The number of halogens is 1. The van der Waals surface area contributed by atoms with Crippen LogP contribution in [0.4, 0.5) is 15.0 Å². The number of amides is 2. The molecule has 0 unspecified atom stereocenters. The molecule has 0 radical (unpaired) electrons. The van der Waals surface area contributed by atoms with Gasteiger partial charge >= 0.3 is 6.03 Å². The minimum Gasteiger partial charge on any atom is -0.292 e. The van der Waals surface area contributed by atoms with Crippen LogP contribution < -0.4 is 5.32 Å². The molecule has 2 heterocycles. The van der Waals surface area contributed by atoms with Crippen LogP contribution in [0.1, 0.15) is 11.3 Å². The average Bonchev–Trinajstić information content (AvgIpc) is 2.95. The lowest BCUT2D eigenvalue weighted by atomic mass is 10.2. The molecule has 0 saturated carbocycles. The van der Waals surface area contributed by atoms with Gasteiger partial charge in [0.2, 0.25) is 0 Å². The van der Waals surface area contributed by atoms with Crippen LogP contribution in [0.3, 0.4) is 0 Å². The summed E-state index contributed by atoms with van der Waals surface area (Å²) in [6.07, 6.45) is 10.3. The van der Waals surface area contributed by atoms with Crippen LogP contribution in [-0.4, -0.2) is 33.6 Å². The van der Waals surface area contributed by atoms with Crippen molar-refractivity contribution in [3.05, 3.63) is 53.6 Å². The zero-order valence-corrected chi connectivity index (χ0v) is 12.9. The fraction of sp³-hybridized carbons (Fsp3) is 0.118. The number of allylic oxidation sites excluding steroid dienone is 1. The maximum atomic E-state index is 14.3. The van der Waals surface area contributed by atoms with Gasteiger partial charge in [0, 0.05) is 18.5 Å². The van der Waals surface area contributed by atoms with Crippen LogP contribution in [0.2, 0.25) is 0 Å². The Morgan fingerprint density at radius 1 is 1.46 bits per heavy atom. The number of hydrogen-bond donors (Lipinski definition) is 1. The van der Waals surface area contributed by atoms with Crippen LogP contribution >= 0.6 is 0 Å². The molecule has 0 spiro atoms. The number of rotatable bonds is 2. The second-order valence-electron chi connectivity index (χ2n) is 5.08. The number of para-hydroxylation sites is 1. The van der Waals surface area contributed by atoms with Crippen molar-refractivity contribution in [2.24, 2.45) is 4.99 Å². The third kappa shape index (κ3) is 2.90. The average molecular weight is 323 g/mol. The smallest absolute Gasteiger partial charge is 0.292 e. The Hall–Kier alpha value is -3.40. The van der Waals surface area contributed by atoms with Crippen molar-refractivity contribution >= 4 is 18.1 Å². The molecule has 0 saturated heterocycles. The first kappa shape index (κ1) is 15.5. The van der Waals surface area contributed by atoms with E-state index in [1.54, 1.807) is 37.5 Å². The fourth-order valence-corrected chi connectivity index (χ4v) is 2.30. The lowest BCUT2D eigenvalue weighted by molar-refractivity contribution is 0.229. The Morgan fingerprint density at radius 2 is 2.29 bits per heavy atom. The minimum absolute atomic E-state index is 0.121. The number of nitrogens with zero attached hydrogens (tertiary/aromatic N) is 4. The van der Waals surface area contributed by atoms with Gasteiger partial charge in [0.05, 0.1) is 11.3 Å². The SMILES string of the molecule is C#Cc1cccc(F)c1-n1nc(C)cc1NC(=O)N1C=CC=NC1. The predicted octanol–water partition coefficient (Wildman–Crippen LogP) is 2.69. The maximum Gasteiger partial charge on any atom is 0.328 e. The van der Waals surface area contributed by atoms with Crippen LogP contribution in [0.15, 0.2) is 41.5 Å². The first-order valence-corrected chi connectivity index (χ1v) is 7.16. The molecular weight excluding hydrogens is 309 g/mol. The molecule has 2 amide bonds. The molecule has 1 N–H and O–H groups in total. The van der Waals surface area contributed by atoms with Gasteiger partial charge in [0.15, 0.2) is 0 Å². The number of urea groups is 1. The second-order valence-corrected chi connectivity index (χ2v) is 5.08. The van der Waals surface area contributed by atoms with Crippen molar-refractivity contribution in [1.82, 2.24) is 14.7 Å². The normalized spacial score (nSPS) is 13.0. The molecule has 0 atom stereocenters. The van der Waals surface area contributed by atoms with Gasteiger partial charge in [-0.05, 0) is 25.1 Å². The molecule has 0 bridgehead atoms. The molecule has 1 aliphatic heterocycles. The predicted molar refractivity (Wildman–Crippen MR) is 89.6 cm³/mol. The molecule has 24 heavy (non-hydrogen) atoms. The van der Waals surface area contributed by atoms with Gasteiger partial charge in [-0.3, -0.25) is 15.2 Å². The van der Waals surface area contributed by atoms with Crippen molar-refractivity contribution < 1.29 is 9.18 Å². The first-order valence-electron chi connectivity index (χ1n) is 7.16. The van der Waals surface area contributed by atoms with Crippen molar-refractivity contribution in [3.63, 3.8) is 0 Å². The summed E-state index contributed by atoms with van der Waals surface area (Å²) in [7, 11) is 0. The number of nitrogens with one attached hydrogen (secondary N) is 1. The monoisotopic (exact) mass is 323 g/mol. The highest BCUT2D eigenvalue weighted by Crippen LogP contribution is 2.23. The Morgan fingerprint density at radius 3 is 3.00 bits per heavy atom. The first-order chi connectivity index (χ1) is 11.6. The summed E-state index contributed by atoms with van der Waals surface area (Å²) in [5, 5.41) is 6.95. The third-order valence-corrected chi connectivity index (χ3v) is 3.37. The molecule has 6 nitrogen and oxygen atoms in total. The van der Waals surface area contributed by atoms with Crippen molar-refractivity contribution in [1.29, 1.82) is 0 Å². The molecule has 2 aromatic rings. The number of carbonyl (C=O) groups excluding carboxylic acids is 1. The van der Waals surface area contributed by atoms with Crippen molar-refractivity contribution in [2.75, 3.05) is 12.0 Å². The van der Waals surface area contributed by atoms with Crippen molar-refractivity contribution in [2.45, 2.75) is 6.92 Å². The quantitative estimate of drug-likeness (QED) is 0.864. The van der Waals surface area contributed by atoms with Crippen LogP contribution in [0.25, 0.3) is 5.69 Å². The lowest BCUT2D eigenvalue weighted by Gasteiger charge is -2.19.